The van der Waals surface area contributed by atoms with Gasteiger partial charge in [-0.1, -0.05) is 11.6 Å². The Morgan fingerprint density at radius 3 is 2.85 bits per heavy atom. The SMILES string of the molecule is O=C(NC1CNC1)c1ccc(Cl)s1. The van der Waals surface area contributed by atoms with Crippen LogP contribution in [0.1, 0.15) is 9.67 Å². The lowest BCUT2D eigenvalue weighted by molar-refractivity contribution is 0.0928. The summed E-state index contributed by atoms with van der Waals surface area (Å²) in [4.78, 5) is 12.2. The second-order valence-corrected chi connectivity index (χ2v) is 4.65. The van der Waals surface area contributed by atoms with E-state index in [4.69, 9.17) is 11.6 Å². The minimum Gasteiger partial charge on any atom is -0.346 e. The standard InChI is InChI=1S/C8H9ClN2OS/c9-7-2-1-6(13-7)8(12)11-5-3-10-4-5/h1-2,5,10H,3-4H2,(H,11,12). The summed E-state index contributed by atoms with van der Waals surface area (Å²) in [6.07, 6.45) is 0. The molecule has 1 aliphatic rings. The minimum absolute atomic E-state index is 0.0246. The summed E-state index contributed by atoms with van der Waals surface area (Å²) in [7, 11) is 0. The molecule has 3 nitrogen and oxygen atoms in total. The van der Waals surface area contributed by atoms with Crippen LogP contribution in [0, 0.1) is 0 Å². The molecule has 0 bridgehead atoms. The van der Waals surface area contributed by atoms with E-state index >= 15 is 0 Å². The van der Waals surface area contributed by atoms with Crippen LogP contribution in [0.4, 0.5) is 0 Å². The van der Waals surface area contributed by atoms with Crippen molar-refractivity contribution in [3.8, 4) is 0 Å². The number of hydrogen-bond acceptors (Lipinski definition) is 3. The first-order valence-corrected chi connectivity index (χ1v) is 5.22. The van der Waals surface area contributed by atoms with Crippen LogP contribution in [0.25, 0.3) is 0 Å². The molecule has 70 valence electrons. The summed E-state index contributed by atoms with van der Waals surface area (Å²) in [5.74, 6) is -0.0246. The van der Waals surface area contributed by atoms with Gasteiger partial charge in [-0.25, -0.2) is 0 Å². The van der Waals surface area contributed by atoms with Crippen molar-refractivity contribution in [2.24, 2.45) is 0 Å². The smallest absolute Gasteiger partial charge is 0.261 e. The number of rotatable bonds is 2. The molecule has 1 saturated heterocycles. The van der Waals surface area contributed by atoms with Crippen LogP contribution in [0.3, 0.4) is 0 Å². The van der Waals surface area contributed by atoms with Gasteiger partial charge in [0.05, 0.1) is 15.3 Å². The van der Waals surface area contributed by atoms with Crippen molar-refractivity contribution in [2.45, 2.75) is 6.04 Å². The quantitative estimate of drug-likeness (QED) is 0.778. The molecule has 13 heavy (non-hydrogen) atoms. The number of thiophene rings is 1. The fourth-order valence-electron chi connectivity index (χ4n) is 1.08. The molecular weight excluding hydrogens is 208 g/mol. The summed E-state index contributed by atoms with van der Waals surface area (Å²) < 4.78 is 0.650. The number of carbonyl (C=O) groups excluding carboxylic acids is 1. The van der Waals surface area contributed by atoms with Crippen molar-refractivity contribution in [1.29, 1.82) is 0 Å². The molecule has 1 aromatic heterocycles. The molecule has 2 heterocycles. The molecule has 0 atom stereocenters. The van der Waals surface area contributed by atoms with Crippen molar-refractivity contribution in [3.05, 3.63) is 21.3 Å². The van der Waals surface area contributed by atoms with Crippen LogP contribution in [0.5, 0.6) is 0 Å². The van der Waals surface area contributed by atoms with Crippen molar-refractivity contribution in [2.75, 3.05) is 13.1 Å². The zero-order chi connectivity index (χ0) is 9.26. The first-order chi connectivity index (χ1) is 6.25. The van der Waals surface area contributed by atoms with Crippen molar-refractivity contribution < 1.29 is 4.79 Å². The first kappa shape index (κ1) is 8.99. The second kappa shape index (κ2) is 3.65. The molecule has 1 fully saturated rings. The summed E-state index contributed by atoms with van der Waals surface area (Å²) in [5, 5.41) is 5.98. The van der Waals surface area contributed by atoms with Gasteiger partial charge in [0.1, 0.15) is 0 Å². The molecule has 0 spiro atoms. The Labute approximate surface area is 85.1 Å². The van der Waals surface area contributed by atoms with Crippen LogP contribution in [0.15, 0.2) is 12.1 Å². The van der Waals surface area contributed by atoms with Gasteiger partial charge in [0.2, 0.25) is 0 Å². The van der Waals surface area contributed by atoms with E-state index in [-0.39, 0.29) is 11.9 Å². The van der Waals surface area contributed by atoms with Crippen LogP contribution in [-0.4, -0.2) is 25.0 Å². The number of nitrogens with one attached hydrogen (secondary N) is 2. The third kappa shape index (κ3) is 2.02. The fraction of sp³-hybridized carbons (Fsp3) is 0.375. The molecule has 0 saturated carbocycles. The van der Waals surface area contributed by atoms with Gasteiger partial charge >= 0.3 is 0 Å². The van der Waals surface area contributed by atoms with Crippen molar-refractivity contribution >= 4 is 28.8 Å². The molecule has 2 N–H and O–H groups in total. The van der Waals surface area contributed by atoms with Gasteiger partial charge in [-0.2, -0.15) is 0 Å². The lowest BCUT2D eigenvalue weighted by atomic mass is 10.2. The minimum atomic E-state index is -0.0246. The molecule has 0 radical (unpaired) electrons. The van der Waals surface area contributed by atoms with E-state index in [1.807, 2.05) is 0 Å². The number of carbonyl (C=O) groups is 1. The Morgan fingerprint density at radius 2 is 2.38 bits per heavy atom. The third-order valence-corrected chi connectivity index (χ3v) is 3.14. The molecule has 0 aromatic carbocycles. The molecule has 5 heteroatoms. The third-order valence-electron chi connectivity index (χ3n) is 1.91. The topological polar surface area (TPSA) is 41.1 Å². The fourth-order valence-corrected chi connectivity index (χ4v) is 2.03. The highest BCUT2D eigenvalue weighted by molar-refractivity contribution is 7.17. The highest BCUT2D eigenvalue weighted by atomic mass is 35.5. The summed E-state index contributed by atoms with van der Waals surface area (Å²) in [6.45, 7) is 1.73. The Bertz CT molecular complexity index is 322. The van der Waals surface area contributed by atoms with Gasteiger partial charge in [-0.3, -0.25) is 4.79 Å². The van der Waals surface area contributed by atoms with Gasteiger partial charge < -0.3 is 10.6 Å². The first-order valence-electron chi connectivity index (χ1n) is 4.02. The largest absolute Gasteiger partial charge is 0.346 e. The average molecular weight is 217 g/mol. The van der Waals surface area contributed by atoms with Crippen LogP contribution in [-0.2, 0) is 0 Å². The van der Waals surface area contributed by atoms with E-state index in [0.717, 1.165) is 13.1 Å². The maximum atomic E-state index is 11.5. The van der Waals surface area contributed by atoms with Gasteiger partial charge in [-0.15, -0.1) is 11.3 Å². The lowest BCUT2D eigenvalue weighted by Crippen LogP contribution is -2.56. The highest BCUT2D eigenvalue weighted by Crippen LogP contribution is 2.21. The van der Waals surface area contributed by atoms with E-state index < -0.39 is 0 Å². The number of hydrogen-bond donors (Lipinski definition) is 2. The Kier molecular flexibility index (Phi) is 2.53. The van der Waals surface area contributed by atoms with E-state index in [9.17, 15) is 4.79 Å². The second-order valence-electron chi connectivity index (χ2n) is 2.93. The molecule has 1 aliphatic heterocycles. The number of amides is 1. The zero-order valence-electron chi connectivity index (χ0n) is 6.84. The maximum absolute atomic E-state index is 11.5. The Hall–Kier alpha value is -0.580. The lowest BCUT2D eigenvalue weighted by Gasteiger charge is -2.27. The van der Waals surface area contributed by atoms with E-state index in [2.05, 4.69) is 10.6 Å². The summed E-state index contributed by atoms with van der Waals surface area (Å²) in [6, 6.07) is 3.77. The monoisotopic (exact) mass is 216 g/mol. The Morgan fingerprint density at radius 1 is 1.62 bits per heavy atom. The van der Waals surface area contributed by atoms with Crippen molar-refractivity contribution in [1.82, 2.24) is 10.6 Å². The maximum Gasteiger partial charge on any atom is 0.261 e. The molecule has 1 amide bonds. The van der Waals surface area contributed by atoms with E-state index in [1.54, 1.807) is 12.1 Å². The van der Waals surface area contributed by atoms with Crippen molar-refractivity contribution in [3.63, 3.8) is 0 Å². The van der Waals surface area contributed by atoms with Crippen LogP contribution >= 0.6 is 22.9 Å². The van der Waals surface area contributed by atoms with Gasteiger partial charge in [0, 0.05) is 13.1 Å². The zero-order valence-corrected chi connectivity index (χ0v) is 8.41. The van der Waals surface area contributed by atoms with Gasteiger partial charge in [0.15, 0.2) is 0 Å². The predicted molar refractivity (Wildman–Crippen MR) is 53.5 cm³/mol. The van der Waals surface area contributed by atoms with E-state index in [1.165, 1.54) is 11.3 Å². The molecule has 0 unspecified atom stereocenters. The molecule has 1 aromatic rings. The normalized spacial score (nSPS) is 16.7. The molecule has 2 rings (SSSR count). The summed E-state index contributed by atoms with van der Waals surface area (Å²) in [5.41, 5.74) is 0. The Balaban J connectivity index is 1.96. The summed E-state index contributed by atoms with van der Waals surface area (Å²) >= 11 is 7.02. The van der Waals surface area contributed by atoms with Gasteiger partial charge in [-0.05, 0) is 12.1 Å². The molecular formula is C8H9ClN2OS. The highest BCUT2D eigenvalue weighted by Gasteiger charge is 2.19. The average Bonchev–Trinajstić information content (AvgIpc) is 2.44. The molecule has 0 aliphatic carbocycles. The van der Waals surface area contributed by atoms with Crippen LogP contribution in [0.2, 0.25) is 4.34 Å². The van der Waals surface area contributed by atoms with E-state index in [0.29, 0.717) is 9.21 Å². The number of halogens is 1. The predicted octanol–water partition coefficient (Wildman–Crippen LogP) is 1.10. The van der Waals surface area contributed by atoms with Crippen LogP contribution < -0.4 is 10.6 Å². The van der Waals surface area contributed by atoms with Gasteiger partial charge in [0.25, 0.3) is 5.91 Å².